The largest absolute Gasteiger partial charge is 0.356 e. The van der Waals surface area contributed by atoms with Crippen LogP contribution in [0.2, 0.25) is 0 Å². The molecular formula is C9H20N4O2. The first-order chi connectivity index (χ1) is 7.24. The van der Waals surface area contributed by atoms with Gasteiger partial charge in [0.2, 0.25) is 0 Å². The van der Waals surface area contributed by atoms with Crippen molar-refractivity contribution in [2.75, 3.05) is 26.7 Å². The highest BCUT2D eigenvalue weighted by Crippen LogP contribution is 2.09. The molecule has 0 aromatic rings. The zero-order valence-corrected chi connectivity index (χ0v) is 9.16. The second-order valence-electron chi connectivity index (χ2n) is 3.80. The molecule has 0 spiro atoms. The van der Waals surface area contributed by atoms with Crippen LogP contribution in [0.25, 0.3) is 0 Å². The van der Waals surface area contributed by atoms with Crippen LogP contribution in [0.3, 0.4) is 0 Å². The molecule has 6 heteroatoms. The van der Waals surface area contributed by atoms with Crippen molar-refractivity contribution in [2.45, 2.75) is 25.3 Å². The fourth-order valence-corrected chi connectivity index (χ4v) is 1.81. The molecule has 0 atom stereocenters. The zero-order chi connectivity index (χ0) is 11.1. The number of nitrogens with zero attached hydrogens (tertiary/aromatic N) is 1. The molecule has 88 valence electrons. The Morgan fingerprint density at radius 2 is 2.27 bits per heavy atom. The van der Waals surface area contributed by atoms with Crippen molar-refractivity contribution < 1.29 is 9.63 Å². The Morgan fingerprint density at radius 1 is 1.60 bits per heavy atom. The average molecular weight is 216 g/mol. The van der Waals surface area contributed by atoms with Crippen molar-refractivity contribution in [1.82, 2.24) is 15.8 Å². The van der Waals surface area contributed by atoms with Gasteiger partial charge in [0.25, 0.3) is 0 Å². The molecule has 1 rings (SSSR count). The first-order valence-corrected chi connectivity index (χ1v) is 5.30. The van der Waals surface area contributed by atoms with Crippen LogP contribution in [0, 0.1) is 0 Å². The lowest BCUT2D eigenvalue weighted by atomic mass is 10.1. The molecular weight excluding hydrogens is 196 g/mol. The second-order valence-corrected chi connectivity index (χ2v) is 3.80. The number of carbonyl (C=O) groups is 1. The maximum atomic E-state index is 11.0. The Hall–Kier alpha value is -0.690. The molecule has 0 aliphatic carbocycles. The van der Waals surface area contributed by atoms with E-state index in [1.807, 2.05) is 12.6 Å². The predicted molar refractivity (Wildman–Crippen MR) is 56.6 cm³/mol. The number of hydrazine groups is 1. The average Bonchev–Trinajstić information content (AvgIpc) is 2.27. The van der Waals surface area contributed by atoms with Gasteiger partial charge in [-0.2, -0.15) is 0 Å². The lowest BCUT2D eigenvalue weighted by Crippen LogP contribution is -2.42. The number of piperidine rings is 1. The minimum absolute atomic E-state index is 0.321. The van der Waals surface area contributed by atoms with Crippen molar-refractivity contribution >= 4 is 5.97 Å². The van der Waals surface area contributed by atoms with E-state index in [1.165, 1.54) is 0 Å². The van der Waals surface area contributed by atoms with Crippen molar-refractivity contribution in [3.05, 3.63) is 0 Å². The van der Waals surface area contributed by atoms with Gasteiger partial charge in [-0.05, 0) is 33.0 Å². The highest BCUT2D eigenvalue weighted by atomic mass is 16.7. The van der Waals surface area contributed by atoms with Crippen molar-refractivity contribution in [2.24, 2.45) is 5.84 Å². The van der Waals surface area contributed by atoms with E-state index in [4.69, 9.17) is 5.84 Å². The molecule has 0 bridgehead atoms. The molecule has 1 fully saturated rings. The van der Waals surface area contributed by atoms with Crippen LogP contribution in [0.15, 0.2) is 0 Å². The monoisotopic (exact) mass is 216 g/mol. The van der Waals surface area contributed by atoms with E-state index >= 15 is 0 Å². The molecule has 6 nitrogen and oxygen atoms in total. The SMILES string of the molecule is CN(CCC(=O)ONN)C1CCNCC1. The van der Waals surface area contributed by atoms with Crippen molar-refractivity contribution in [3.8, 4) is 0 Å². The third-order valence-electron chi connectivity index (χ3n) is 2.77. The predicted octanol–water partition coefficient (Wildman–Crippen LogP) is -1.02. The molecule has 0 unspecified atom stereocenters. The third-order valence-corrected chi connectivity index (χ3v) is 2.77. The van der Waals surface area contributed by atoms with Gasteiger partial charge in [0.1, 0.15) is 0 Å². The Bertz CT molecular complexity index is 195. The van der Waals surface area contributed by atoms with Gasteiger partial charge >= 0.3 is 5.97 Å². The second kappa shape index (κ2) is 6.73. The van der Waals surface area contributed by atoms with Gasteiger partial charge in [0.05, 0.1) is 6.42 Å². The Labute approximate surface area is 90.1 Å². The molecule has 0 radical (unpaired) electrons. The van der Waals surface area contributed by atoms with Crippen LogP contribution in [0.5, 0.6) is 0 Å². The fraction of sp³-hybridized carbons (Fsp3) is 0.889. The molecule has 0 aromatic carbocycles. The Balaban J connectivity index is 2.16. The third kappa shape index (κ3) is 4.57. The first-order valence-electron chi connectivity index (χ1n) is 5.30. The number of hydrogen-bond acceptors (Lipinski definition) is 6. The topological polar surface area (TPSA) is 79.6 Å². The fourth-order valence-electron chi connectivity index (χ4n) is 1.81. The van der Waals surface area contributed by atoms with E-state index in [-0.39, 0.29) is 5.97 Å². The number of carbonyl (C=O) groups excluding carboxylic acids is 1. The maximum absolute atomic E-state index is 11.0. The standard InChI is InChI=1S/C9H20N4O2/c1-13(7-4-9(14)15-12-10)8-2-5-11-6-3-8/h8,11-12H,2-7,10H2,1H3. The summed E-state index contributed by atoms with van der Waals surface area (Å²) in [5.41, 5.74) is 1.89. The van der Waals surface area contributed by atoms with Gasteiger partial charge < -0.3 is 15.1 Å². The minimum atomic E-state index is -0.321. The van der Waals surface area contributed by atoms with Crippen LogP contribution in [-0.2, 0) is 9.63 Å². The van der Waals surface area contributed by atoms with Gasteiger partial charge in [-0.3, -0.25) is 4.79 Å². The van der Waals surface area contributed by atoms with E-state index < -0.39 is 0 Å². The maximum Gasteiger partial charge on any atom is 0.327 e. The van der Waals surface area contributed by atoms with Crippen LogP contribution in [0.4, 0.5) is 0 Å². The Kier molecular flexibility index (Phi) is 5.56. The summed E-state index contributed by atoms with van der Waals surface area (Å²) in [7, 11) is 2.04. The van der Waals surface area contributed by atoms with E-state index in [0.717, 1.165) is 25.9 Å². The van der Waals surface area contributed by atoms with Gasteiger partial charge in [-0.25, -0.2) is 5.84 Å². The summed E-state index contributed by atoms with van der Waals surface area (Å²) in [6, 6.07) is 0.574. The minimum Gasteiger partial charge on any atom is -0.356 e. The molecule has 1 heterocycles. The molecule has 1 saturated heterocycles. The van der Waals surface area contributed by atoms with Crippen molar-refractivity contribution in [3.63, 3.8) is 0 Å². The molecule has 1 aliphatic rings. The molecule has 4 N–H and O–H groups in total. The summed E-state index contributed by atoms with van der Waals surface area (Å²) in [6.45, 7) is 2.83. The van der Waals surface area contributed by atoms with E-state index in [2.05, 4.69) is 15.1 Å². The summed E-state index contributed by atoms with van der Waals surface area (Å²) in [5.74, 6) is 4.54. The summed E-state index contributed by atoms with van der Waals surface area (Å²) in [6.07, 6.45) is 2.64. The lowest BCUT2D eigenvalue weighted by Gasteiger charge is -2.31. The number of nitrogens with two attached hydrogens (primary N) is 1. The van der Waals surface area contributed by atoms with Crippen molar-refractivity contribution in [1.29, 1.82) is 0 Å². The highest BCUT2D eigenvalue weighted by molar-refractivity contribution is 5.69. The van der Waals surface area contributed by atoms with Crippen LogP contribution < -0.4 is 16.7 Å². The first kappa shape index (κ1) is 12.4. The van der Waals surface area contributed by atoms with E-state index in [0.29, 0.717) is 19.0 Å². The summed E-state index contributed by atoms with van der Waals surface area (Å²) in [5, 5.41) is 3.31. The van der Waals surface area contributed by atoms with Gasteiger partial charge in [-0.15, -0.1) is 0 Å². The molecule has 0 saturated carbocycles. The van der Waals surface area contributed by atoms with Gasteiger partial charge in [0, 0.05) is 12.6 Å². The summed E-state index contributed by atoms with van der Waals surface area (Å²) in [4.78, 5) is 17.7. The van der Waals surface area contributed by atoms with Crippen LogP contribution in [-0.4, -0.2) is 43.6 Å². The molecule has 0 aromatic heterocycles. The molecule has 1 aliphatic heterocycles. The quantitative estimate of drug-likeness (QED) is 0.403. The number of rotatable bonds is 5. The van der Waals surface area contributed by atoms with Crippen LogP contribution >= 0.6 is 0 Å². The highest BCUT2D eigenvalue weighted by Gasteiger charge is 2.18. The lowest BCUT2D eigenvalue weighted by molar-refractivity contribution is -0.151. The normalized spacial score (nSPS) is 18.1. The van der Waals surface area contributed by atoms with E-state index in [1.54, 1.807) is 0 Å². The zero-order valence-electron chi connectivity index (χ0n) is 9.16. The number of nitrogens with one attached hydrogen (secondary N) is 2. The Morgan fingerprint density at radius 3 is 2.87 bits per heavy atom. The smallest absolute Gasteiger partial charge is 0.327 e. The molecule has 0 amide bonds. The van der Waals surface area contributed by atoms with Crippen LogP contribution in [0.1, 0.15) is 19.3 Å². The van der Waals surface area contributed by atoms with Gasteiger partial charge in [-0.1, -0.05) is 5.59 Å². The van der Waals surface area contributed by atoms with Gasteiger partial charge in [0.15, 0.2) is 0 Å². The van der Waals surface area contributed by atoms with E-state index in [9.17, 15) is 4.79 Å². The summed E-state index contributed by atoms with van der Waals surface area (Å²) >= 11 is 0. The molecule has 15 heavy (non-hydrogen) atoms. The summed E-state index contributed by atoms with van der Waals surface area (Å²) < 4.78 is 0. The number of hydrogen-bond donors (Lipinski definition) is 3.